The lowest BCUT2D eigenvalue weighted by Gasteiger charge is -2.11. The summed E-state index contributed by atoms with van der Waals surface area (Å²) in [7, 11) is 0. The van der Waals surface area contributed by atoms with Gasteiger partial charge in [-0.2, -0.15) is 0 Å². The van der Waals surface area contributed by atoms with Crippen molar-refractivity contribution in [3.05, 3.63) is 77.2 Å². The number of amides is 1. The lowest BCUT2D eigenvalue weighted by molar-refractivity contribution is 0.0527. The first-order valence-electron chi connectivity index (χ1n) is 9.22. The molecule has 7 nitrogen and oxygen atoms in total. The Morgan fingerprint density at radius 2 is 1.72 bits per heavy atom. The van der Waals surface area contributed by atoms with Gasteiger partial charge in [-0.3, -0.25) is 4.79 Å². The molecule has 1 amide bonds. The van der Waals surface area contributed by atoms with E-state index in [1.807, 2.05) is 32.0 Å². The molecule has 3 rings (SSSR count). The summed E-state index contributed by atoms with van der Waals surface area (Å²) in [6.45, 7) is 5.97. The van der Waals surface area contributed by atoms with Gasteiger partial charge in [0.25, 0.3) is 5.91 Å². The number of esters is 1. The molecule has 148 valence electrons. The fourth-order valence-corrected chi connectivity index (χ4v) is 2.70. The van der Waals surface area contributed by atoms with Crippen LogP contribution in [0.15, 0.2) is 54.9 Å². The molecule has 0 unspecified atom stereocenters. The lowest BCUT2D eigenvalue weighted by atomic mass is 10.1. The van der Waals surface area contributed by atoms with E-state index in [9.17, 15) is 9.59 Å². The van der Waals surface area contributed by atoms with Crippen LogP contribution in [0.25, 0.3) is 0 Å². The molecule has 0 atom stereocenters. The van der Waals surface area contributed by atoms with Gasteiger partial charge < -0.3 is 15.4 Å². The van der Waals surface area contributed by atoms with E-state index in [1.165, 1.54) is 12.4 Å². The van der Waals surface area contributed by atoms with E-state index >= 15 is 0 Å². The van der Waals surface area contributed by atoms with E-state index in [0.29, 0.717) is 17.1 Å². The summed E-state index contributed by atoms with van der Waals surface area (Å²) in [5.41, 5.74) is 3.97. The summed E-state index contributed by atoms with van der Waals surface area (Å²) in [5, 5.41) is 5.89. The highest BCUT2D eigenvalue weighted by atomic mass is 16.5. The third-order valence-corrected chi connectivity index (χ3v) is 4.42. The number of nitrogens with one attached hydrogen (secondary N) is 2. The maximum Gasteiger partial charge on any atom is 0.340 e. The molecule has 0 radical (unpaired) electrons. The molecular weight excluding hydrogens is 368 g/mol. The van der Waals surface area contributed by atoms with Crippen LogP contribution < -0.4 is 10.6 Å². The van der Waals surface area contributed by atoms with Crippen LogP contribution in [-0.4, -0.2) is 28.5 Å². The van der Waals surface area contributed by atoms with E-state index in [2.05, 4.69) is 20.6 Å². The van der Waals surface area contributed by atoms with Gasteiger partial charge in [-0.05, 0) is 50.1 Å². The number of aryl methyl sites for hydroxylation is 1. The van der Waals surface area contributed by atoms with Gasteiger partial charge in [-0.1, -0.05) is 24.3 Å². The van der Waals surface area contributed by atoms with E-state index in [0.717, 1.165) is 16.8 Å². The standard InChI is InChI=1S/C22H22N4O3/c1-4-29-22(28)16-9-5-6-10-18(16)25-20-13-23-19(12-24-20)21(27)26-17-11-7-8-14(2)15(17)3/h5-13H,4H2,1-3H3,(H,24,25)(H,26,27). The van der Waals surface area contributed by atoms with Gasteiger partial charge in [0.1, 0.15) is 11.5 Å². The number of hydrogen-bond donors (Lipinski definition) is 2. The van der Waals surface area contributed by atoms with Crippen molar-refractivity contribution in [2.45, 2.75) is 20.8 Å². The van der Waals surface area contributed by atoms with Crippen LogP contribution in [0.1, 0.15) is 38.9 Å². The Bertz CT molecular complexity index is 1030. The molecule has 0 aliphatic rings. The monoisotopic (exact) mass is 390 g/mol. The minimum atomic E-state index is -0.423. The Balaban J connectivity index is 1.73. The number of para-hydroxylation sites is 1. The number of ether oxygens (including phenoxy) is 1. The van der Waals surface area contributed by atoms with Crippen molar-refractivity contribution in [2.75, 3.05) is 17.2 Å². The second-order valence-electron chi connectivity index (χ2n) is 6.38. The molecule has 0 spiro atoms. The highest BCUT2D eigenvalue weighted by Crippen LogP contribution is 2.21. The minimum absolute atomic E-state index is 0.190. The largest absolute Gasteiger partial charge is 0.462 e. The zero-order valence-corrected chi connectivity index (χ0v) is 16.5. The molecule has 3 aromatic rings. The third kappa shape index (κ3) is 4.76. The summed E-state index contributed by atoms with van der Waals surface area (Å²) in [6.07, 6.45) is 2.83. The van der Waals surface area contributed by atoms with Crippen molar-refractivity contribution >= 4 is 29.1 Å². The Hall–Kier alpha value is -3.74. The van der Waals surface area contributed by atoms with Gasteiger partial charge >= 0.3 is 5.97 Å². The molecule has 0 saturated carbocycles. The number of benzene rings is 2. The SMILES string of the molecule is CCOC(=O)c1ccccc1Nc1cnc(C(=O)Nc2cccc(C)c2C)cn1. The van der Waals surface area contributed by atoms with Crippen molar-refractivity contribution in [1.29, 1.82) is 0 Å². The predicted molar refractivity (Wildman–Crippen MR) is 112 cm³/mol. The summed E-state index contributed by atoms with van der Waals surface area (Å²) < 4.78 is 5.06. The summed E-state index contributed by atoms with van der Waals surface area (Å²) >= 11 is 0. The molecule has 1 heterocycles. The number of nitrogens with zero attached hydrogens (tertiary/aromatic N) is 2. The van der Waals surface area contributed by atoms with E-state index in [4.69, 9.17) is 4.74 Å². The van der Waals surface area contributed by atoms with Crippen molar-refractivity contribution in [1.82, 2.24) is 9.97 Å². The van der Waals surface area contributed by atoms with Crippen molar-refractivity contribution in [3.8, 4) is 0 Å². The third-order valence-electron chi connectivity index (χ3n) is 4.42. The lowest BCUT2D eigenvalue weighted by Crippen LogP contribution is -2.15. The number of anilines is 3. The molecule has 7 heteroatoms. The molecule has 1 aromatic heterocycles. The highest BCUT2D eigenvalue weighted by molar-refractivity contribution is 6.03. The zero-order chi connectivity index (χ0) is 20.8. The molecule has 0 fully saturated rings. The Labute approximate surface area is 169 Å². The fraction of sp³-hybridized carbons (Fsp3) is 0.182. The first kappa shape index (κ1) is 20.0. The summed E-state index contributed by atoms with van der Waals surface area (Å²) in [4.78, 5) is 33.0. The highest BCUT2D eigenvalue weighted by Gasteiger charge is 2.14. The normalized spacial score (nSPS) is 10.3. The van der Waals surface area contributed by atoms with E-state index in [-0.39, 0.29) is 18.2 Å². The van der Waals surface area contributed by atoms with Crippen LogP contribution in [0.2, 0.25) is 0 Å². The van der Waals surface area contributed by atoms with E-state index < -0.39 is 5.97 Å². The van der Waals surface area contributed by atoms with Crippen LogP contribution in [0.4, 0.5) is 17.2 Å². The van der Waals surface area contributed by atoms with Gasteiger partial charge in [-0.25, -0.2) is 14.8 Å². The van der Waals surface area contributed by atoms with Crippen LogP contribution in [0, 0.1) is 13.8 Å². The average molecular weight is 390 g/mol. The topological polar surface area (TPSA) is 93.2 Å². The summed E-state index contributed by atoms with van der Waals surface area (Å²) in [5.74, 6) is -0.359. The van der Waals surface area contributed by atoms with Gasteiger partial charge in [0.2, 0.25) is 0 Å². The first-order chi connectivity index (χ1) is 14.0. The van der Waals surface area contributed by atoms with Gasteiger partial charge in [0.05, 0.1) is 30.3 Å². The molecular formula is C22H22N4O3. The predicted octanol–water partition coefficient (Wildman–Crippen LogP) is 4.27. The molecule has 29 heavy (non-hydrogen) atoms. The van der Waals surface area contributed by atoms with Gasteiger partial charge in [0.15, 0.2) is 0 Å². The van der Waals surface area contributed by atoms with Crippen LogP contribution >= 0.6 is 0 Å². The van der Waals surface area contributed by atoms with Crippen LogP contribution in [0.3, 0.4) is 0 Å². The molecule has 0 aliphatic carbocycles. The number of rotatable bonds is 6. The minimum Gasteiger partial charge on any atom is -0.462 e. The zero-order valence-electron chi connectivity index (χ0n) is 16.5. The van der Waals surface area contributed by atoms with E-state index in [1.54, 1.807) is 31.2 Å². The molecule has 0 saturated heterocycles. The smallest absolute Gasteiger partial charge is 0.340 e. The Kier molecular flexibility index (Phi) is 6.19. The average Bonchev–Trinajstić information content (AvgIpc) is 2.72. The number of hydrogen-bond acceptors (Lipinski definition) is 6. The Morgan fingerprint density at radius 3 is 2.45 bits per heavy atom. The van der Waals surface area contributed by atoms with Gasteiger partial charge in [0, 0.05) is 5.69 Å². The second kappa shape index (κ2) is 8.97. The number of carbonyl (C=O) groups excluding carboxylic acids is 2. The molecule has 0 bridgehead atoms. The van der Waals surface area contributed by atoms with Crippen molar-refractivity contribution < 1.29 is 14.3 Å². The van der Waals surface area contributed by atoms with Gasteiger partial charge in [-0.15, -0.1) is 0 Å². The molecule has 2 N–H and O–H groups in total. The number of carbonyl (C=O) groups is 2. The van der Waals surface area contributed by atoms with Crippen LogP contribution in [-0.2, 0) is 4.74 Å². The Morgan fingerprint density at radius 1 is 0.966 bits per heavy atom. The maximum absolute atomic E-state index is 12.5. The fourth-order valence-electron chi connectivity index (χ4n) is 2.70. The molecule has 0 aliphatic heterocycles. The second-order valence-corrected chi connectivity index (χ2v) is 6.38. The quantitative estimate of drug-likeness (QED) is 0.611. The van der Waals surface area contributed by atoms with Crippen molar-refractivity contribution in [3.63, 3.8) is 0 Å². The first-order valence-corrected chi connectivity index (χ1v) is 9.22. The van der Waals surface area contributed by atoms with Crippen molar-refractivity contribution in [2.24, 2.45) is 0 Å². The summed E-state index contributed by atoms with van der Waals surface area (Å²) in [6, 6.07) is 12.7. The van der Waals surface area contributed by atoms with Crippen LogP contribution in [0.5, 0.6) is 0 Å². The molecule has 2 aromatic carbocycles. The number of aromatic nitrogens is 2. The maximum atomic E-state index is 12.5.